The average Bonchev–Trinajstić information content (AvgIpc) is 2.31. The van der Waals surface area contributed by atoms with Gasteiger partial charge in [0.05, 0.1) is 0 Å². The summed E-state index contributed by atoms with van der Waals surface area (Å²) in [5, 5.41) is 1.70. The van der Waals surface area contributed by atoms with Gasteiger partial charge >= 0.3 is 0 Å². The summed E-state index contributed by atoms with van der Waals surface area (Å²) in [5.41, 5.74) is 1.07. The Morgan fingerprint density at radius 3 is 2.35 bits per heavy atom. The second-order valence-corrected chi connectivity index (χ2v) is 6.11. The van der Waals surface area contributed by atoms with Gasteiger partial charge in [-0.3, -0.25) is 0 Å². The standard InChI is InChI=1S/C14H19Br2F/c1-11(2)6-7-14(9-15,10-16)12-4-3-5-13(17)8-12/h3-5,8,11H,6-7,9-10H2,1-2H3. The third-order valence-electron chi connectivity index (χ3n) is 3.15. The van der Waals surface area contributed by atoms with E-state index >= 15 is 0 Å². The van der Waals surface area contributed by atoms with Crippen molar-refractivity contribution in [3.05, 3.63) is 35.6 Å². The minimum Gasteiger partial charge on any atom is -0.207 e. The molecule has 0 fully saturated rings. The molecular weight excluding hydrogens is 347 g/mol. The molecule has 0 amide bonds. The van der Waals surface area contributed by atoms with Crippen LogP contribution in [0.25, 0.3) is 0 Å². The van der Waals surface area contributed by atoms with E-state index in [-0.39, 0.29) is 11.2 Å². The highest BCUT2D eigenvalue weighted by Crippen LogP contribution is 2.35. The van der Waals surface area contributed by atoms with Gasteiger partial charge in [0.1, 0.15) is 5.82 Å². The molecule has 0 saturated heterocycles. The van der Waals surface area contributed by atoms with Crippen LogP contribution in [0.15, 0.2) is 24.3 Å². The maximum Gasteiger partial charge on any atom is 0.123 e. The van der Waals surface area contributed by atoms with Crippen LogP contribution >= 0.6 is 31.9 Å². The van der Waals surface area contributed by atoms with E-state index in [4.69, 9.17) is 0 Å². The summed E-state index contributed by atoms with van der Waals surface area (Å²) >= 11 is 7.18. The number of alkyl halides is 2. The normalized spacial score (nSPS) is 12.1. The summed E-state index contributed by atoms with van der Waals surface area (Å²) in [6.07, 6.45) is 2.21. The van der Waals surface area contributed by atoms with Crippen molar-refractivity contribution in [2.45, 2.75) is 32.1 Å². The maximum absolute atomic E-state index is 13.3. The first-order chi connectivity index (χ1) is 8.04. The first kappa shape index (κ1) is 15.2. The van der Waals surface area contributed by atoms with E-state index in [0.29, 0.717) is 5.92 Å². The zero-order chi connectivity index (χ0) is 12.9. The Balaban J connectivity index is 2.97. The number of rotatable bonds is 6. The van der Waals surface area contributed by atoms with Crippen molar-refractivity contribution in [3.8, 4) is 0 Å². The Kier molecular flexibility index (Phi) is 6.14. The van der Waals surface area contributed by atoms with Gasteiger partial charge < -0.3 is 0 Å². The fourth-order valence-corrected chi connectivity index (χ4v) is 3.99. The van der Waals surface area contributed by atoms with E-state index in [2.05, 4.69) is 45.7 Å². The van der Waals surface area contributed by atoms with E-state index in [1.165, 1.54) is 6.07 Å². The smallest absolute Gasteiger partial charge is 0.123 e. The summed E-state index contributed by atoms with van der Waals surface area (Å²) in [6, 6.07) is 6.97. The third-order valence-corrected chi connectivity index (χ3v) is 5.30. The van der Waals surface area contributed by atoms with Gasteiger partial charge in [0.15, 0.2) is 0 Å². The summed E-state index contributed by atoms with van der Waals surface area (Å²) < 4.78 is 13.3. The molecule has 0 aromatic heterocycles. The van der Waals surface area contributed by atoms with Crippen LogP contribution in [0.1, 0.15) is 32.3 Å². The molecule has 0 unspecified atom stereocenters. The molecule has 0 heterocycles. The molecule has 0 aliphatic carbocycles. The second-order valence-electron chi connectivity index (χ2n) is 4.99. The molecule has 17 heavy (non-hydrogen) atoms. The average molecular weight is 366 g/mol. The number of hydrogen-bond acceptors (Lipinski definition) is 0. The second kappa shape index (κ2) is 6.89. The Hall–Kier alpha value is 0.110. The quantitative estimate of drug-likeness (QED) is 0.601. The first-order valence-corrected chi connectivity index (χ1v) is 8.16. The molecular formula is C14H19Br2F. The van der Waals surface area contributed by atoms with Crippen molar-refractivity contribution in [1.29, 1.82) is 0 Å². The minimum atomic E-state index is -0.154. The van der Waals surface area contributed by atoms with E-state index < -0.39 is 0 Å². The highest BCUT2D eigenvalue weighted by Gasteiger charge is 2.30. The van der Waals surface area contributed by atoms with Crippen molar-refractivity contribution >= 4 is 31.9 Å². The van der Waals surface area contributed by atoms with Crippen molar-refractivity contribution < 1.29 is 4.39 Å². The van der Waals surface area contributed by atoms with Crippen LogP contribution in [0.3, 0.4) is 0 Å². The Morgan fingerprint density at radius 1 is 1.24 bits per heavy atom. The lowest BCUT2D eigenvalue weighted by Gasteiger charge is -2.31. The molecule has 0 aliphatic heterocycles. The van der Waals surface area contributed by atoms with Crippen LogP contribution in [-0.2, 0) is 5.41 Å². The molecule has 0 atom stereocenters. The topological polar surface area (TPSA) is 0 Å². The zero-order valence-corrected chi connectivity index (χ0v) is 13.5. The molecule has 0 radical (unpaired) electrons. The van der Waals surface area contributed by atoms with Crippen molar-refractivity contribution in [3.63, 3.8) is 0 Å². The van der Waals surface area contributed by atoms with Gasteiger partial charge in [-0.25, -0.2) is 4.39 Å². The van der Waals surface area contributed by atoms with Crippen LogP contribution < -0.4 is 0 Å². The largest absolute Gasteiger partial charge is 0.207 e. The van der Waals surface area contributed by atoms with Crippen molar-refractivity contribution in [2.24, 2.45) is 5.92 Å². The van der Waals surface area contributed by atoms with E-state index in [1.807, 2.05) is 6.07 Å². The molecule has 1 aromatic rings. The minimum absolute atomic E-state index is 0.00757. The third kappa shape index (κ3) is 4.06. The molecule has 0 aliphatic rings. The molecule has 96 valence electrons. The summed E-state index contributed by atoms with van der Waals surface area (Å²) in [4.78, 5) is 0. The first-order valence-electron chi connectivity index (χ1n) is 5.92. The molecule has 1 rings (SSSR count). The number of benzene rings is 1. The molecule has 0 bridgehead atoms. The van der Waals surface area contributed by atoms with Crippen LogP contribution in [0.2, 0.25) is 0 Å². The van der Waals surface area contributed by atoms with Gasteiger partial charge in [0.25, 0.3) is 0 Å². The summed E-state index contributed by atoms with van der Waals surface area (Å²) in [7, 11) is 0. The SMILES string of the molecule is CC(C)CCC(CBr)(CBr)c1cccc(F)c1. The molecule has 0 saturated carbocycles. The molecule has 0 N–H and O–H groups in total. The van der Waals surface area contributed by atoms with Crippen LogP contribution in [-0.4, -0.2) is 10.7 Å². The maximum atomic E-state index is 13.3. The number of halogens is 3. The Bertz CT molecular complexity index is 346. The fourth-order valence-electron chi connectivity index (χ4n) is 1.85. The lowest BCUT2D eigenvalue weighted by Crippen LogP contribution is -2.30. The van der Waals surface area contributed by atoms with Gasteiger partial charge in [0.2, 0.25) is 0 Å². The molecule has 0 nitrogen and oxygen atoms in total. The highest BCUT2D eigenvalue weighted by atomic mass is 79.9. The zero-order valence-electron chi connectivity index (χ0n) is 10.3. The van der Waals surface area contributed by atoms with E-state index in [0.717, 1.165) is 29.1 Å². The Labute approximate surface area is 120 Å². The van der Waals surface area contributed by atoms with E-state index in [9.17, 15) is 4.39 Å². The lowest BCUT2D eigenvalue weighted by atomic mass is 9.79. The van der Waals surface area contributed by atoms with Gasteiger partial charge in [-0.1, -0.05) is 64.3 Å². The van der Waals surface area contributed by atoms with Gasteiger partial charge in [-0.05, 0) is 30.0 Å². The summed E-state index contributed by atoms with van der Waals surface area (Å²) in [5.74, 6) is 0.513. The van der Waals surface area contributed by atoms with Gasteiger partial charge in [-0.15, -0.1) is 0 Å². The molecule has 0 spiro atoms. The predicted octanol–water partition coefficient (Wildman–Crippen LogP) is 5.29. The van der Waals surface area contributed by atoms with Crippen LogP contribution in [0.4, 0.5) is 4.39 Å². The summed E-state index contributed by atoms with van der Waals surface area (Å²) in [6.45, 7) is 4.44. The highest BCUT2D eigenvalue weighted by molar-refractivity contribution is 9.09. The monoisotopic (exact) mass is 364 g/mol. The number of hydrogen-bond donors (Lipinski definition) is 0. The van der Waals surface area contributed by atoms with Crippen molar-refractivity contribution in [1.82, 2.24) is 0 Å². The van der Waals surface area contributed by atoms with Crippen LogP contribution in [0.5, 0.6) is 0 Å². The van der Waals surface area contributed by atoms with E-state index in [1.54, 1.807) is 12.1 Å². The predicted molar refractivity (Wildman–Crippen MR) is 79.7 cm³/mol. The fraction of sp³-hybridized carbons (Fsp3) is 0.571. The van der Waals surface area contributed by atoms with Crippen LogP contribution in [0, 0.1) is 11.7 Å². The molecule has 3 heteroatoms. The Morgan fingerprint density at radius 2 is 1.88 bits per heavy atom. The molecule has 1 aromatic carbocycles. The lowest BCUT2D eigenvalue weighted by molar-refractivity contribution is 0.429. The van der Waals surface area contributed by atoms with Gasteiger partial charge in [0, 0.05) is 16.1 Å². The van der Waals surface area contributed by atoms with Crippen molar-refractivity contribution in [2.75, 3.05) is 10.7 Å². The van der Waals surface area contributed by atoms with Gasteiger partial charge in [-0.2, -0.15) is 0 Å².